The molecule has 0 heterocycles. The predicted molar refractivity (Wildman–Crippen MR) is 129 cm³/mol. The van der Waals surface area contributed by atoms with Crippen LogP contribution in [0.25, 0.3) is 0 Å². The molecular formula is C27H28ClFN2O2. The van der Waals surface area contributed by atoms with E-state index >= 15 is 0 Å². The van der Waals surface area contributed by atoms with Crippen LogP contribution in [0.15, 0.2) is 78.9 Å². The number of hydrogen-bond donors (Lipinski definition) is 1. The maximum atomic E-state index is 14.3. The Bertz CT molecular complexity index is 1070. The van der Waals surface area contributed by atoms with E-state index in [2.05, 4.69) is 5.32 Å². The van der Waals surface area contributed by atoms with Crippen LogP contribution in [0.1, 0.15) is 30.5 Å². The lowest BCUT2D eigenvalue weighted by molar-refractivity contribution is -0.141. The summed E-state index contributed by atoms with van der Waals surface area (Å²) in [4.78, 5) is 28.3. The Balaban J connectivity index is 1.97. The van der Waals surface area contributed by atoms with E-state index in [9.17, 15) is 14.0 Å². The van der Waals surface area contributed by atoms with Crippen LogP contribution >= 0.6 is 11.6 Å². The Hall–Kier alpha value is -3.18. The van der Waals surface area contributed by atoms with Gasteiger partial charge in [0.05, 0.1) is 6.42 Å². The van der Waals surface area contributed by atoms with Crippen LogP contribution in [-0.4, -0.2) is 28.8 Å². The number of benzene rings is 3. The van der Waals surface area contributed by atoms with Crippen molar-refractivity contribution < 1.29 is 14.0 Å². The van der Waals surface area contributed by atoms with Gasteiger partial charge in [0, 0.05) is 24.0 Å². The van der Waals surface area contributed by atoms with Crippen LogP contribution < -0.4 is 5.32 Å². The largest absolute Gasteiger partial charge is 0.352 e. The zero-order valence-corrected chi connectivity index (χ0v) is 19.6. The van der Waals surface area contributed by atoms with Crippen molar-refractivity contribution >= 4 is 23.4 Å². The Morgan fingerprint density at radius 1 is 0.909 bits per heavy atom. The third-order valence-corrected chi connectivity index (χ3v) is 5.52. The molecule has 1 atom stereocenters. The molecule has 172 valence electrons. The molecule has 0 spiro atoms. The van der Waals surface area contributed by atoms with E-state index in [-0.39, 0.29) is 30.8 Å². The number of hydrogen-bond acceptors (Lipinski definition) is 2. The number of amides is 2. The summed E-state index contributed by atoms with van der Waals surface area (Å²) in [7, 11) is 0. The van der Waals surface area contributed by atoms with Crippen molar-refractivity contribution in [1.29, 1.82) is 0 Å². The SMILES string of the molecule is CC(C)NC(=O)C(Cc1ccccc1)N(Cc1ccc(Cl)cc1)C(=O)Cc1ccccc1F. The van der Waals surface area contributed by atoms with Crippen LogP contribution in [-0.2, 0) is 29.0 Å². The van der Waals surface area contributed by atoms with Gasteiger partial charge in [-0.3, -0.25) is 9.59 Å². The summed E-state index contributed by atoms with van der Waals surface area (Å²) >= 11 is 6.03. The second kappa shape index (κ2) is 11.6. The van der Waals surface area contributed by atoms with Gasteiger partial charge in [0.1, 0.15) is 11.9 Å². The van der Waals surface area contributed by atoms with Gasteiger partial charge >= 0.3 is 0 Å². The number of carbonyl (C=O) groups is 2. The first-order valence-electron chi connectivity index (χ1n) is 10.9. The molecule has 1 unspecified atom stereocenters. The molecule has 0 aliphatic heterocycles. The molecule has 2 amide bonds. The van der Waals surface area contributed by atoms with Crippen molar-refractivity contribution in [3.05, 3.63) is 106 Å². The van der Waals surface area contributed by atoms with E-state index in [4.69, 9.17) is 11.6 Å². The van der Waals surface area contributed by atoms with Crippen molar-refractivity contribution in [3.63, 3.8) is 0 Å². The number of carbonyl (C=O) groups excluding carboxylic acids is 2. The topological polar surface area (TPSA) is 49.4 Å². The van der Waals surface area contributed by atoms with E-state index < -0.39 is 11.9 Å². The highest BCUT2D eigenvalue weighted by Gasteiger charge is 2.31. The summed E-state index contributed by atoms with van der Waals surface area (Å²) in [5.41, 5.74) is 2.06. The molecule has 0 bridgehead atoms. The van der Waals surface area contributed by atoms with Crippen LogP contribution in [0.3, 0.4) is 0 Å². The molecule has 3 aromatic carbocycles. The molecule has 0 saturated carbocycles. The van der Waals surface area contributed by atoms with Crippen LogP contribution in [0.4, 0.5) is 4.39 Å². The zero-order chi connectivity index (χ0) is 23.8. The number of halogens is 2. The summed E-state index contributed by atoms with van der Waals surface area (Å²) in [5.74, 6) is -1.01. The first kappa shape index (κ1) is 24.5. The van der Waals surface area contributed by atoms with E-state index in [0.29, 0.717) is 17.0 Å². The summed E-state index contributed by atoms with van der Waals surface area (Å²) in [6.45, 7) is 3.96. The van der Waals surface area contributed by atoms with Gasteiger partial charge in [-0.25, -0.2) is 4.39 Å². The monoisotopic (exact) mass is 466 g/mol. The number of nitrogens with zero attached hydrogens (tertiary/aromatic N) is 1. The van der Waals surface area contributed by atoms with Crippen molar-refractivity contribution in [3.8, 4) is 0 Å². The van der Waals surface area contributed by atoms with Crippen molar-refractivity contribution in [1.82, 2.24) is 10.2 Å². The molecule has 4 nitrogen and oxygen atoms in total. The van der Waals surface area contributed by atoms with Crippen molar-refractivity contribution in [2.45, 2.75) is 45.3 Å². The lowest BCUT2D eigenvalue weighted by Crippen LogP contribution is -2.52. The average molecular weight is 467 g/mol. The molecule has 0 aromatic heterocycles. The molecule has 0 radical (unpaired) electrons. The molecule has 3 aromatic rings. The van der Waals surface area contributed by atoms with Crippen LogP contribution in [0.2, 0.25) is 5.02 Å². The van der Waals surface area contributed by atoms with E-state index in [1.807, 2.05) is 56.3 Å². The van der Waals surface area contributed by atoms with Gasteiger partial charge in [-0.05, 0) is 48.7 Å². The lowest BCUT2D eigenvalue weighted by atomic mass is 10.0. The van der Waals surface area contributed by atoms with Gasteiger partial charge < -0.3 is 10.2 Å². The van der Waals surface area contributed by atoms with Gasteiger partial charge in [-0.15, -0.1) is 0 Å². The molecule has 0 aliphatic carbocycles. The highest BCUT2D eigenvalue weighted by molar-refractivity contribution is 6.30. The molecule has 6 heteroatoms. The molecule has 0 aliphatic rings. The second-order valence-corrected chi connectivity index (χ2v) is 8.72. The third kappa shape index (κ3) is 7.16. The quantitative estimate of drug-likeness (QED) is 0.472. The summed E-state index contributed by atoms with van der Waals surface area (Å²) < 4.78 is 14.3. The molecule has 0 saturated heterocycles. The first-order chi connectivity index (χ1) is 15.8. The van der Waals surface area contributed by atoms with Crippen molar-refractivity contribution in [2.75, 3.05) is 0 Å². The molecular weight excluding hydrogens is 439 g/mol. The minimum atomic E-state index is -0.759. The smallest absolute Gasteiger partial charge is 0.243 e. The lowest BCUT2D eigenvalue weighted by Gasteiger charge is -2.32. The normalized spacial score (nSPS) is 11.8. The van der Waals surface area contributed by atoms with E-state index in [1.54, 1.807) is 35.2 Å². The van der Waals surface area contributed by atoms with Gasteiger partial charge in [0.25, 0.3) is 0 Å². The average Bonchev–Trinajstić information content (AvgIpc) is 2.79. The molecule has 1 N–H and O–H groups in total. The molecule has 0 fully saturated rings. The second-order valence-electron chi connectivity index (χ2n) is 8.29. The third-order valence-electron chi connectivity index (χ3n) is 5.27. The van der Waals surface area contributed by atoms with Gasteiger partial charge in [-0.1, -0.05) is 72.3 Å². The van der Waals surface area contributed by atoms with Crippen LogP contribution in [0, 0.1) is 5.82 Å². The highest BCUT2D eigenvalue weighted by Crippen LogP contribution is 2.19. The fraction of sp³-hybridized carbons (Fsp3) is 0.259. The highest BCUT2D eigenvalue weighted by atomic mass is 35.5. The Labute approximate surface area is 199 Å². The predicted octanol–water partition coefficient (Wildman–Crippen LogP) is 5.19. The summed E-state index contributed by atoms with van der Waals surface area (Å²) in [6, 6.07) is 22.1. The molecule has 3 rings (SSSR count). The maximum Gasteiger partial charge on any atom is 0.243 e. The standard InChI is InChI=1S/C27H28ClFN2O2/c1-19(2)30-27(33)25(16-20-8-4-3-5-9-20)31(18-21-12-14-23(28)15-13-21)26(32)17-22-10-6-7-11-24(22)29/h3-15,19,25H,16-18H2,1-2H3,(H,30,33). The van der Waals surface area contributed by atoms with Crippen molar-refractivity contribution in [2.24, 2.45) is 0 Å². The Morgan fingerprint density at radius 3 is 2.18 bits per heavy atom. The summed E-state index contributed by atoms with van der Waals surface area (Å²) in [6.07, 6.45) is 0.205. The fourth-order valence-corrected chi connectivity index (χ4v) is 3.75. The van der Waals surface area contributed by atoms with Gasteiger partial charge in [0.15, 0.2) is 0 Å². The van der Waals surface area contributed by atoms with E-state index in [0.717, 1.165) is 11.1 Å². The van der Waals surface area contributed by atoms with Gasteiger partial charge in [-0.2, -0.15) is 0 Å². The maximum absolute atomic E-state index is 14.3. The molecule has 33 heavy (non-hydrogen) atoms. The number of rotatable bonds is 9. The fourth-order valence-electron chi connectivity index (χ4n) is 3.63. The Morgan fingerprint density at radius 2 is 1.55 bits per heavy atom. The minimum absolute atomic E-state index is 0.0881. The van der Waals surface area contributed by atoms with Gasteiger partial charge in [0.2, 0.25) is 11.8 Å². The van der Waals surface area contributed by atoms with E-state index in [1.165, 1.54) is 6.07 Å². The summed E-state index contributed by atoms with van der Waals surface area (Å²) in [5, 5.41) is 3.53. The first-order valence-corrected chi connectivity index (χ1v) is 11.3. The minimum Gasteiger partial charge on any atom is -0.352 e. The number of nitrogens with one attached hydrogen (secondary N) is 1. The van der Waals surface area contributed by atoms with Crippen LogP contribution in [0.5, 0.6) is 0 Å². The zero-order valence-electron chi connectivity index (χ0n) is 18.8. The Kier molecular flexibility index (Phi) is 8.61.